The van der Waals surface area contributed by atoms with Gasteiger partial charge in [-0.05, 0) is 42.0 Å². The zero-order valence-corrected chi connectivity index (χ0v) is 17.6. The van der Waals surface area contributed by atoms with Crippen LogP contribution in [-0.2, 0) is 6.16 Å². The van der Waals surface area contributed by atoms with Crippen LogP contribution in [-0.4, -0.2) is 0 Å². The molecule has 0 aliphatic carbocycles. The van der Waals surface area contributed by atoms with Crippen LogP contribution in [0.4, 0.5) is 0 Å². The SMILES string of the molecule is [Br-].c1ccc(C[P+](c2ccccc2)(c2ccccc2)c2ccccc2)cc1. The van der Waals surface area contributed by atoms with Crippen LogP contribution in [0.5, 0.6) is 0 Å². The molecule has 27 heavy (non-hydrogen) atoms. The van der Waals surface area contributed by atoms with Crippen molar-refractivity contribution in [1.29, 1.82) is 0 Å². The molecule has 4 aromatic carbocycles. The minimum Gasteiger partial charge on any atom is -1.00 e. The molecule has 0 unspecified atom stereocenters. The number of hydrogen-bond acceptors (Lipinski definition) is 0. The van der Waals surface area contributed by atoms with Gasteiger partial charge in [-0.25, -0.2) is 0 Å². The molecule has 0 spiro atoms. The van der Waals surface area contributed by atoms with Gasteiger partial charge in [0, 0.05) is 0 Å². The van der Waals surface area contributed by atoms with E-state index in [2.05, 4.69) is 121 Å². The summed E-state index contributed by atoms with van der Waals surface area (Å²) in [5, 5.41) is 4.30. The molecule has 0 aliphatic rings. The van der Waals surface area contributed by atoms with Crippen LogP contribution < -0.4 is 32.9 Å². The van der Waals surface area contributed by atoms with Gasteiger partial charge in [-0.15, -0.1) is 0 Å². The molecule has 0 bridgehead atoms. The minimum atomic E-state index is -1.78. The zero-order chi connectivity index (χ0) is 17.7. The first-order valence-electron chi connectivity index (χ1n) is 8.98. The van der Waals surface area contributed by atoms with E-state index in [0.29, 0.717) is 0 Å². The Kier molecular flexibility index (Phi) is 6.61. The zero-order valence-electron chi connectivity index (χ0n) is 15.1. The molecule has 0 saturated heterocycles. The lowest BCUT2D eigenvalue weighted by molar-refractivity contribution is -0.00000503. The molecular weight excluding hydrogens is 411 g/mol. The highest BCUT2D eigenvalue weighted by Gasteiger charge is 2.45. The second-order valence-electron chi connectivity index (χ2n) is 6.46. The van der Waals surface area contributed by atoms with Gasteiger partial charge in [-0.2, -0.15) is 0 Å². The molecule has 0 heterocycles. The van der Waals surface area contributed by atoms with Crippen LogP contribution in [0.3, 0.4) is 0 Å². The van der Waals surface area contributed by atoms with Crippen LogP contribution in [0.2, 0.25) is 0 Å². The van der Waals surface area contributed by atoms with Crippen LogP contribution in [0.1, 0.15) is 5.56 Å². The van der Waals surface area contributed by atoms with E-state index in [4.69, 9.17) is 0 Å². The quantitative estimate of drug-likeness (QED) is 0.424. The lowest BCUT2D eigenvalue weighted by Gasteiger charge is -2.27. The Balaban J connectivity index is 0.00000210. The van der Waals surface area contributed by atoms with Crippen LogP contribution in [0.15, 0.2) is 121 Å². The van der Waals surface area contributed by atoms with Crippen molar-refractivity contribution >= 4 is 23.2 Å². The van der Waals surface area contributed by atoms with Crippen molar-refractivity contribution in [2.45, 2.75) is 6.16 Å². The van der Waals surface area contributed by atoms with E-state index in [9.17, 15) is 0 Å². The number of rotatable bonds is 5. The maximum Gasteiger partial charge on any atom is 0.116 e. The molecule has 0 radical (unpaired) electrons. The van der Waals surface area contributed by atoms with Crippen molar-refractivity contribution in [2.24, 2.45) is 0 Å². The largest absolute Gasteiger partial charge is 1.00 e. The summed E-state index contributed by atoms with van der Waals surface area (Å²) in [5.41, 5.74) is 1.39. The maximum absolute atomic E-state index is 2.30. The van der Waals surface area contributed by atoms with Gasteiger partial charge in [0.05, 0.1) is 6.16 Å². The van der Waals surface area contributed by atoms with E-state index in [-0.39, 0.29) is 17.0 Å². The van der Waals surface area contributed by atoms with Gasteiger partial charge >= 0.3 is 0 Å². The fourth-order valence-electron chi connectivity index (χ4n) is 3.63. The molecule has 0 N–H and O–H groups in total. The molecule has 0 amide bonds. The third-order valence-corrected chi connectivity index (χ3v) is 9.23. The third kappa shape index (κ3) is 4.05. The first-order valence-corrected chi connectivity index (χ1v) is 11.0. The topological polar surface area (TPSA) is 0 Å². The van der Waals surface area contributed by atoms with Gasteiger partial charge in [-0.3, -0.25) is 0 Å². The summed E-state index contributed by atoms with van der Waals surface area (Å²) < 4.78 is 0. The predicted molar refractivity (Wildman–Crippen MR) is 115 cm³/mol. The second kappa shape index (κ2) is 9.13. The highest BCUT2D eigenvalue weighted by Crippen LogP contribution is 2.58. The summed E-state index contributed by atoms with van der Waals surface area (Å²) >= 11 is 0. The Morgan fingerprint density at radius 3 is 1.04 bits per heavy atom. The van der Waals surface area contributed by atoms with Gasteiger partial charge in [-0.1, -0.05) is 84.9 Å². The summed E-state index contributed by atoms with van der Waals surface area (Å²) in [6.45, 7) is 0. The van der Waals surface area contributed by atoms with E-state index in [1.165, 1.54) is 21.5 Å². The predicted octanol–water partition coefficient (Wildman–Crippen LogP) is 2.18. The average molecular weight is 433 g/mol. The highest BCUT2D eigenvalue weighted by atomic mass is 79.9. The van der Waals surface area contributed by atoms with Crippen molar-refractivity contribution in [3.8, 4) is 0 Å². The molecule has 0 nitrogen and oxygen atoms in total. The Bertz CT molecular complexity index is 842. The Morgan fingerprint density at radius 1 is 0.407 bits per heavy atom. The maximum atomic E-state index is 2.30. The summed E-state index contributed by atoms with van der Waals surface area (Å²) in [4.78, 5) is 0. The normalized spacial score (nSPS) is 10.8. The Hall–Kier alpha value is -2.21. The van der Waals surface area contributed by atoms with Gasteiger partial charge in [0.2, 0.25) is 0 Å². The number of halogens is 1. The van der Waals surface area contributed by atoms with E-state index in [1.807, 2.05) is 0 Å². The first-order chi connectivity index (χ1) is 12.9. The van der Waals surface area contributed by atoms with Crippen molar-refractivity contribution in [3.05, 3.63) is 127 Å². The van der Waals surface area contributed by atoms with Gasteiger partial charge < -0.3 is 17.0 Å². The van der Waals surface area contributed by atoms with Crippen LogP contribution >= 0.6 is 7.26 Å². The molecule has 0 atom stereocenters. The van der Waals surface area contributed by atoms with Crippen molar-refractivity contribution in [2.75, 3.05) is 0 Å². The van der Waals surface area contributed by atoms with Gasteiger partial charge in [0.25, 0.3) is 0 Å². The fraction of sp³-hybridized carbons (Fsp3) is 0.0400. The lowest BCUT2D eigenvalue weighted by atomic mass is 10.2. The summed E-state index contributed by atoms with van der Waals surface area (Å²) in [6.07, 6.45) is 1.03. The van der Waals surface area contributed by atoms with Crippen molar-refractivity contribution in [3.63, 3.8) is 0 Å². The molecule has 0 saturated carbocycles. The molecule has 0 fully saturated rings. The monoisotopic (exact) mass is 432 g/mol. The summed E-state index contributed by atoms with van der Waals surface area (Å²) in [7, 11) is -1.78. The van der Waals surface area contributed by atoms with E-state index < -0.39 is 7.26 Å². The van der Waals surface area contributed by atoms with E-state index in [0.717, 1.165) is 6.16 Å². The first kappa shape index (κ1) is 19.5. The highest BCUT2D eigenvalue weighted by molar-refractivity contribution is 7.95. The molecule has 0 aliphatic heterocycles. The van der Waals surface area contributed by atoms with Crippen LogP contribution in [0.25, 0.3) is 0 Å². The lowest BCUT2D eigenvalue weighted by Crippen LogP contribution is -3.00. The standard InChI is InChI=1S/C25H22P.BrH/c1-5-13-22(14-6-1)21-26(23-15-7-2-8-16-23,24-17-9-3-10-18-24)25-19-11-4-12-20-25;/h1-20H,21H2;1H/q+1;/p-1. The average Bonchev–Trinajstić information content (AvgIpc) is 2.75. The second-order valence-corrected chi connectivity index (χ2v) is 9.95. The fourth-order valence-corrected chi connectivity index (χ4v) is 7.87. The minimum absolute atomic E-state index is 0. The molecule has 4 rings (SSSR count). The van der Waals surface area contributed by atoms with Gasteiger partial charge in [0.1, 0.15) is 23.2 Å². The third-order valence-electron chi connectivity index (χ3n) is 4.85. The van der Waals surface area contributed by atoms with Gasteiger partial charge in [0.15, 0.2) is 0 Å². The molecule has 4 aromatic rings. The molecule has 2 heteroatoms. The van der Waals surface area contributed by atoms with Crippen molar-refractivity contribution < 1.29 is 17.0 Å². The Labute approximate surface area is 173 Å². The smallest absolute Gasteiger partial charge is 0.116 e. The van der Waals surface area contributed by atoms with Crippen LogP contribution in [0, 0.1) is 0 Å². The molecule has 134 valence electrons. The Morgan fingerprint density at radius 2 is 0.704 bits per heavy atom. The number of hydrogen-bond donors (Lipinski definition) is 0. The molecule has 0 aromatic heterocycles. The molecular formula is C25H22BrP. The summed E-state index contributed by atoms with van der Waals surface area (Å²) in [5.74, 6) is 0. The summed E-state index contributed by atoms with van der Waals surface area (Å²) in [6, 6.07) is 44.0. The van der Waals surface area contributed by atoms with E-state index in [1.54, 1.807) is 0 Å². The number of benzene rings is 4. The van der Waals surface area contributed by atoms with Crippen molar-refractivity contribution in [1.82, 2.24) is 0 Å². The van der Waals surface area contributed by atoms with E-state index >= 15 is 0 Å².